The standard InChI is InChI=1S/C28H32N2.CH4/c1-7-11-19(4)25(8-2)24-17-28(21(6)30-18-24)26(9-3)23-13-14-27-20(5)29-15-10-12-22(27)16-23;/h7-9,11,13-14,16-18,29H,1,5,10,12,15H2,2-4,6H3;1H4/b19-11-,25-8+,26-9-;. The second-order valence-electron chi connectivity index (χ2n) is 7.73. The zero-order valence-corrected chi connectivity index (χ0v) is 18.7. The maximum atomic E-state index is 4.74. The molecule has 2 aromatic rings. The topological polar surface area (TPSA) is 24.9 Å². The Kier molecular flexibility index (Phi) is 8.38. The summed E-state index contributed by atoms with van der Waals surface area (Å²) in [6.45, 7) is 17.4. The molecule has 0 amide bonds. The molecule has 0 saturated carbocycles. The van der Waals surface area contributed by atoms with Crippen molar-refractivity contribution >= 4 is 16.8 Å². The summed E-state index contributed by atoms with van der Waals surface area (Å²) in [7, 11) is 0. The van der Waals surface area contributed by atoms with Crippen molar-refractivity contribution in [2.45, 2.75) is 48.0 Å². The van der Waals surface area contributed by atoms with Crippen LogP contribution in [0, 0.1) is 6.92 Å². The van der Waals surface area contributed by atoms with Crippen LogP contribution < -0.4 is 5.32 Å². The number of aryl methyl sites for hydroxylation is 2. The van der Waals surface area contributed by atoms with Gasteiger partial charge in [-0.25, -0.2) is 0 Å². The molecule has 1 N–H and O–H groups in total. The molecule has 31 heavy (non-hydrogen) atoms. The van der Waals surface area contributed by atoms with Gasteiger partial charge in [0.15, 0.2) is 0 Å². The number of pyridine rings is 1. The van der Waals surface area contributed by atoms with Crippen molar-refractivity contribution in [3.05, 3.63) is 107 Å². The second kappa shape index (κ2) is 10.8. The zero-order chi connectivity index (χ0) is 21.7. The lowest BCUT2D eigenvalue weighted by atomic mass is 9.90. The first-order valence-electron chi connectivity index (χ1n) is 10.7. The zero-order valence-electron chi connectivity index (χ0n) is 18.7. The first-order valence-corrected chi connectivity index (χ1v) is 10.7. The number of hydrogen-bond acceptors (Lipinski definition) is 2. The van der Waals surface area contributed by atoms with Crippen molar-refractivity contribution in [2.24, 2.45) is 0 Å². The number of nitrogens with zero attached hydrogens (tertiary/aromatic N) is 1. The van der Waals surface area contributed by atoms with Crippen molar-refractivity contribution in [3.63, 3.8) is 0 Å². The lowest BCUT2D eigenvalue weighted by Crippen LogP contribution is -2.10. The minimum Gasteiger partial charge on any atom is -0.385 e. The predicted molar refractivity (Wildman–Crippen MR) is 138 cm³/mol. The number of rotatable bonds is 5. The minimum atomic E-state index is 0. The van der Waals surface area contributed by atoms with E-state index in [-0.39, 0.29) is 7.43 Å². The molecular formula is C29H36N2. The smallest absolute Gasteiger partial charge is 0.0451 e. The molecule has 2 nitrogen and oxygen atoms in total. The van der Waals surface area contributed by atoms with Gasteiger partial charge in [0.1, 0.15) is 0 Å². The molecule has 0 atom stereocenters. The van der Waals surface area contributed by atoms with E-state index in [2.05, 4.69) is 82.6 Å². The van der Waals surface area contributed by atoms with E-state index in [1.165, 1.54) is 39.0 Å². The van der Waals surface area contributed by atoms with Gasteiger partial charge >= 0.3 is 0 Å². The highest BCUT2D eigenvalue weighted by molar-refractivity contribution is 5.85. The average molecular weight is 413 g/mol. The molecule has 1 aliphatic heterocycles. The molecule has 1 aromatic heterocycles. The largest absolute Gasteiger partial charge is 0.385 e. The van der Waals surface area contributed by atoms with Crippen LogP contribution in [-0.2, 0) is 6.42 Å². The fourth-order valence-corrected chi connectivity index (χ4v) is 4.20. The van der Waals surface area contributed by atoms with Crippen LogP contribution in [-0.4, -0.2) is 11.5 Å². The van der Waals surface area contributed by atoms with Crippen molar-refractivity contribution in [2.75, 3.05) is 6.54 Å². The van der Waals surface area contributed by atoms with Gasteiger partial charge in [-0.1, -0.05) is 63.1 Å². The fraction of sp³-hybridized carbons (Fsp3) is 0.276. The van der Waals surface area contributed by atoms with Crippen LogP contribution in [0.3, 0.4) is 0 Å². The summed E-state index contributed by atoms with van der Waals surface area (Å²) in [5.74, 6) is 0. The Morgan fingerprint density at radius 3 is 2.58 bits per heavy atom. The normalized spacial score (nSPS) is 14.8. The van der Waals surface area contributed by atoms with E-state index in [0.29, 0.717) is 0 Å². The summed E-state index contributed by atoms with van der Waals surface area (Å²) < 4.78 is 0. The van der Waals surface area contributed by atoms with Crippen molar-refractivity contribution in [3.8, 4) is 0 Å². The van der Waals surface area contributed by atoms with Crippen LogP contribution in [0.2, 0.25) is 0 Å². The quantitative estimate of drug-likeness (QED) is 0.514. The van der Waals surface area contributed by atoms with E-state index in [1.807, 2.05) is 18.3 Å². The van der Waals surface area contributed by atoms with E-state index in [9.17, 15) is 0 Å². The number of aromatic nitrogens is 1. The molecule has 2 heteroatoms. The highest BCUT2D eigenvalue weighted by atomic mass is 14.9. The van der Waals surface area contributed by atoms with Crippen LogP contribution in [0.1, 0.15) is 68.1 Å². The Balaban J connectivity index is 0.00000341. The molecule has 2 heterocycles. The third-order valence-electron chi connectivity index (χ3n) is 5.76. The van der Waals surface area contributed by atoms with E-state index < -0.39 is 0 Å². The van der Waals surface area contributed by atoms with Crippen LogP contribution in [0.5, 0.6) is 0 Å². The van der Waals surface area contributed by atoms with E-state index in [0.717, 1.165) is 36.3 Å². The molecular weight excluding hydrogens is 376 g/mol. The lowest BCUT2D eigenvalue weighted by molar-refractivity contribution is 0.783. The first kappa shape index (κ1) is 24.1. The van der Waals surface area contributed by atoms with Crippen LogP contribution in [0.25, 0.3) is 16.8 Å². The van der Waals surface area contributed by atoms with Crippen molar-refractivity contribution < 1.29 is 0 Å². The molecule has 0 saturated heterocycles. The van der Waals surface area contributed by atoms with Gasteiger partial charge in [0.2, 0.25) is 0 Å². The van der Waals surface area contributed by atoms with Gasteiger partial charge < -0.3 is 5.32 Å². The molecule has 1 aliphatic rings. The van der Waals surface area contributed by atoms with Crippen LogP contribution in [0.15, 0.2) is 73.5 Å². The monoisotopic (exact) mass is 412 g/mol. The minimum absolute atomic E-state index is 0. The summed E-state index contributed by atoms with van der Waals surface area (Å²) in [5, 5.41) is 3.41. The fourth-order valence-electron chi connectivity index (χ4n) is 4.20. The van der Waals surface area contributed by atoms with Gasteiger partial charge in [0.25, 0.3) is 0 Å². The Morgan fingerprint density at radius 2 is 1.90 bits per heavy atom. The van der Waals surface area contributed by atoms with Gasteiger partial charge in [-0.2, -0.15) is 0 Å². The van der Waals surface area contributed by atoms with Gasteiger partial charge in [-0.05, 0) is 74.4 Å². The van der Waals surface area contributed by atoms with Crippen molar-refractivity contribution in [1.82, 2.24) is 10.3 Å². The highest BCUT2D eigenvalue weighted by Crippen LogP contribution is 2.32. The first-order chi connectivity index (χ1) is 14.5. The molecule has 0 radical (unpaired) electrons. The SMILES string of the molecule is C.C=C/C=C(C)\C(=C/C)c1cnc(C)c(/C(=C\C)c2ccc3c(c2)CCCNC3=C)c1. The third kappa shape index (κ3) is 5.14. The summed E-state index contributed by atoms with van der Waals surface area (Å²) in [4.78, 5) is 4.74. The van der Waals surface area contributed by atoms with Gasteiger partial charge in [0.05, 0.1) is 0 Å². The molecule has 0 spiro atoms. The molecule has 3 rings (SSSR count). The predicted octanol–water partition coefficient (Wildman–Crippen LogP) is 7.52. The number of benzene rings is 1. The lowest BCUT2D eigenvalue weighted by Gasteiger charge is -2.16. The summed E-state index contributed by atoms with van der Waals surface area (Å²) >= 11 is 0. The Labute approximate surface area is 188 Å². The van der Waals surface area contributed by atoms with Crippen LogP contribution in [0.4, 0.5) is 0 Å². The third-order valence-corrected chi connectivity index (χ3v) is 5.76. The molecule has 0 aliphatic carbocycles. The Bertz CT molecular complexity index is 1060. The number of fused-ring (bicyclic) bond motifs is 1. The van der Waals surface area contributed by atoms with Gasteiger partial charge in [0, 0.05) is 40.8 Å². The number of hydrogen-bond donors (Lipinski definition) is 1. The number of allylic oxidation sites excluding steroid dienone is 6. The van der Waals surface area contributed by atoms with E-state index >= 15 is 0 Å². The van der Waals surface area contributed by atoms with Crippen LogP contribution >= 0.6 is 0 Å². The highest BCUT2D eigenvalue weighted by Gasteiger charge is 2.15. The average Bonchev–Trinajstić information content (AvgIpc) is 2.92. The molecule has 0 fully saturated rings. The summed E-state index contributed by atoms with van der Waals surface area (Å²) in [6, 6.07) is 9.00. The maximum Gasteiger partial charge on any atom is 0.0451 e. The summed E-state index contributed by atoms with van der Waals surface area (Å²) in [5.41, 5.74) is 11.8. The van der Waals surface area contributed by atoms with E-state index in [4.69, 9.17) is 4.98 Å². The van der Waals surface area contributed by atoms with Gasteiger partial charge in [-0.3, -0.25) is 4.98 Å². The second-order valence-corrected chi connectivity index (χ2v) is 7.73. The maximum absolute atomic E-state index is 4.74. The summed E-state index contributed by atoms with van der Waals surface area (Å²) in [6.07, 6.45) is 12.4. The van der Waals surface area contributed by atoms with Gasteiger partial charge in [-0.15, -0.1) is 0 Å². The van der Waals surface area contributed by atoms with E-state index in [1.54, 1.807) is 0 Å². The Hall–Kier alpha value is -3.13. The number of nitrogens with one attached hydrogen (secondary N) is 1. The Morgan fingerprint density at radius 1 is 1.13 bits per heavy atom. The molecule has 1 aromatic carbocycles. The molecule has 162 valence electrons. The molecule has 0 unspecified atom stereocenters. The van der Waals surface area contributed by atoms with Crippen molar-refractivity contribution in [1.29, 1.82) is 0 Å². The molecule has 0 bridgehead atoms.